The van der Waals surface area contributed by atoms with E-state index >= 15 is 0 Å². The highest BCUT2D eigenvalue weighted by molar-refractivity contribution is 5.79. The SMILES string of the molecule is OCCc1ccc2c(c1)-c1ccccc1C2CCO. The van der Waals surface area contributed by atoms with Gasteiger partial charge >= 0.3 is 0 Å². The second-order valence-electron chi connectivity index (χ2n) is 5.05. The lowest BCUT2D eigenvalue weighted by Crippen LogP contribution is -2.00. The van der Waals surface area contributed by atoms with Gasteiger partial charge in [-0.25, -0.2) is 0 Å². The highest BCUT2D eigenvalue weighted by Gasteiger charge is 2.27. The van der Waals surface area contributed by atoms with Crippen molar-refractivity contribution < 1.29 is 10.2 Å². The van der Waals surface area contributed by atoms with E-state index in [9.17, 15) is 5.11 Å². The van der Waals surface area contributed by atoms with E-state index in [0.717, 1.165) is 6.42 Å². The molecule has 0 bridgehead atoms. The van der Waals surface area contributed by atoms with Gasteiger partial charge in [-0.2, -0.15) is 0 Å². The molecule has 0 saturated carbocycles. The van der Waals surface area contributed by atoms with Crippen LogP contribution in [0.3, 0.4) is 0 Å². The molecule has 2 aromatic carbocycles. The summed E-state index contributed by atoms with van der Waals surface area (Å²) < 4.78 is 0. The number of benzene rings is 2. The number of fused-ring (bicyclic) bond motifs is 3. The normalized spacial score (nSPS) is 16.2. The highest BCUT2D eigenvalue weighted by atomic mass is 16.3. The van der Waals surface area contributed by atoms with Gasteiger partial charge in [0.25, 0.3) is 0 Å². The van der Waals surface area contributed by atoms with Crippen LogP contribution in [-0.4, -0.2) is 23.4 Å². The summed E-state index contributed by atoms with van der Waals surface area (Å²) in [5.74, 6) is 0.305. The van der Waals surface area contributed by atoms with Crippen LogP contribution in [0.1, 0.15) is 29.0 Å². The summed E-state index contributed by atoms with van der Waals surface area (Å²) in [7, 11) is 0. The minimum Gasteiger partial charge on any atom is -0.396 e. The Labute approximate surface area is 113 Å². The van der Waals surface area contributed by atoms with Crippen LogP contribution in [0.4, 0.5) is 0 Å². The zero-order valence-corrected chi connectivity index (χ0v) is 10.8. The predicted molar refractivity (Wildman–Crippen MR) is 76.2 cm³/mol. The molecular weight excluding hydrogens is 236 g/mol. The third kappa shape index (κ3) is 2.07. The van der Waals surface area contributed by atoms with Crippen molar-refractivity contribution in [3.05, 3.63) is 59.2 Å². The smallest absolute Gasteiger partial charge is 0.0471 e. The lowest BCUT2D eigenvalue weighted by molar-refractivity contribution is 0.282. The van der Waals surface area contributed by atoms with Crippen molar-refractivity contribution in [3.63, 3.8) is 0 Å². The summed E-state index contributed by atoms with van der Waals surface area (Å²) >= 11 is 0. The van der Waals surface area contributed by atoms with Gasteiger partial charge in [0.1, 0.15) is 0 Å². The molecular formula is C17H18O2. The van der Waals surface area contributed by atoms with Gasteiger partial charge < -0.3 is 10.2 Å². The van der Waals surface area contributed by atoms with E-state index in [2.05, 4.69) is 42.5 Å². The average Bonchev–Trinajstić information content (AvgIpc) is 2.75. The zero-order valence-electron chi connectivity index (χ0n) is 10.8. The molecule has 1 unspecified atom stereocenters. The molecule has 19 heavy (non-hydrogen) atoms. The topological polar surface area (TPSA) is 40.5 Å². The van der Waals surface area contributed by atoms with Gasteiger partial charge in [-0.15, -0.1) is 0 Å². The molecule has 2 aromatic rings. The number of hydrogen-bond acceptors (Lipinski definition) is 2. The Morgan fingerprint density at radius 2 is 1.63 bits per heavy atom. The Morgan fingerprint density at radius 3 is 2.42 bits per heavy atom. The Hall–Kier alpha value is -1.64. The van der Waals surface area contributed by atoms with Gasteiger partial charge in [-0.3, -0.25) is 0 Å². The van der Waals surface area contributed by atoms with Crippen molar-refractivity contribution >= 4 is 0 Å². The maximum Gasteiger partial charge on any atom is 0.0471 e. The number of aliphatic hydroxyl groups is 2. The third-order valence-corrected chi connectivity index (χ3v) is 3.94. The Balaban J connectivity index is 2.12. The highest BCUT2D eigenvalue weighted by Crippen LogP contribution is 2.46. The van der Waals surface area contributed by atoms with Crippen LogP contribution in [0.5, 0.6) is 0 Å². The van der Waals surface area contributed by atoms with Gasteiger partial charge in [0.15, 0.2) is 0 Å². The largest absolute Gasteiger partial charge is 0.396 e. The summed E-state index contributed by atoms with van der Waals surface area (Å²) in [6.07, 6.45) is 1.46. The second-order valence-corrected chi connectivity index (χ2v) is 5.05. The molecule has 98 valence electrons. The monoisotopic (exact) mass is 254 g/mol. The summed E-state index contributed by atoms with van der Waals surface area (Å²) in [5.41, 5.74) is 6.32. The lowest BCUT2D eigenvalue weighted by atomic mass is 9.93. The van der Waals surface area contributed by atoms with Crippen molar-refractivity contribution in [3.8, 4) is 11.1 Å². The molecule has 0 amide bonds. The fraction of sp³-hybridized carbons (Fsp3) is 0.294. The summed E-state index contributed by atoms with van der Waals surface area (Å²) in [6, 6.07) is 14.8. The molecule has 1 aliphatic rings. The molecule has 1 aliphatic carbocycles. The van der Waals surface area contributed by atoms with Crippen molar-refractivity contribution in [1.82, 2.24) is 0 Å². The van der Waals surface area contributed by atoms with Gasteiger partial charge in [0, 0.05) is 19.1 Å². The minimum atomic E-state index is 0.181. The van der Waals surface area contributed by atoms with Crippen molar-refractivity contribution in [1.29, 1.82) is 0 Å². The molecule has 0 aromatic heterocycles. The fourth-order valence-electron chi connectivity index (χ4n) is 3.08. The van der Waals surface area contributed by atoms with Gasteiger partial charge in [-0.05, 0) is 40.7 Å². The molecule has 0 saturated heterocycles. The van der Waals surface area contributed by atoms with Gasteiger partial charge in [0.05, 0.1) is 0 Å². The first-order valence-corrected chi connectivity index (χ1v) is 6.79. The van der Waals surface area contributed by atoms with E-state index in [1.54, 1.807) is 0 Å². The maximum absolute atomic E-state index is 9.28. The van der Waals surface area contributed by atoms with E-state index in [1.807, 2.05) is 0 Å². The molecule has 0 fully saturated rings. The molecule has 2 N–H and O–H groups in total. The van der Waals surface area contributed by atoms with E-state index < -0.39 is 0 Å². The van der Waals surface area contributed by atoms with E-state index in [-0.39, 0.29) is 13.2 Å². The van der Waals surface area contributed by atoms with Crippen LogP contribution >= 0.6 is 0 Å². The van der Waals surface area contributed by atoms with Crippen LogP contribution in [0.2, 0.25) is 0 Å². The van der Waals surface area contributed by atoms with Crippen molar-refractivity contribution in [2.75, 3.05) is 13.2 Å². The standard InChI is InChI=1S/C17H18O2/c18-9-7-12-5-6-15-16(8-10-19)13-3-1-2-4-14(13)17(15)11-12/h1-6,11,16,18-19H,7-10H2. The van der Waals surface area contributed by atoms with Crippen molar-refractivity contribution in [2.45, 2.75) is 18.8 Å². The molecule has 0 spiro atoms. The lowest BCUT2D eigenvalue weighted by Gasteiger charge is -2.12. The van der Waals surface area contributed by atoms with Gasteiger partial charge in [-0.1, -0.05) is 42.5 Å². The molecule has 0 heterocycles. The minimum absolute atomic E-state index is 0.181. The third-order valence-electron chi connectivity index (χ3n) is 3.94. The summed E-state index contributed by atoms with van der Waals surface area (Å²) in [5, 5.41) is 18.4. The molecule has 1 atom stereocenters. The molecule has 0 aliphatic heterocycles. The van der Waals surface area contributed by atoms with Gasteiger partial charge in [0.2, 0.25) is 0 Å². The van der Waals surface area contributed by atoms with Crippen LogP contribution in [-0.2, 0) is 6.42 Å². The molecule has 3 rings (SSSR count). The van der Waals surface area contributed by atoms with Crippen LogP contribution in [0.15, 0.2) is 42.5 Å². The number of rotatable bonds is 4. The quantitative estimate of drug-likeness (QED) is 0.880. The van der Waals surface area contributed by atoms with Crippen LogP contribution in [0.25, 0.3) is 11.1 Å². The predicted octanol–water partition coefficient (Wildman–Crippen LogP) is 2.72. The first-order valence-electron chi connectivity index (χ1n) is 6.79. The second kappa shape index (κ2) is 5.16. The number of hydrogen-bond donors (Lipinski definition) is 2. The molecule has 2 heteroatoms. The number of aliphatic hydroxyl groups excluding tert-OH is 2. The van der Waals surface area contributed by atoms with E-state index in [1.165, 1.54) is 27.8 Å². The Morgan fingerprint density at radius 1 is 0.842 bits per heavy atom. The zero-order chi connectivity index (χ0) is 13.2. The summed E-state index contributed by atoms with van der Waals surface area (Å²) in [6.45, 7) is 0.386. The van der Waals surface area contributed by atoms with E-state index in [0.29, 0.717) is 12.3 Å². The first kappa shape index (κ1) is 12.4. The average molecular weight is 254 g/mol. The van der Waals surface area contributed by atoms with Crippen LogP contribution < -0.4 is 0 Å². The Bertz CT molecular complexity index is 590. The van der Waals surface area contributed by atoms with Crippen molar-refractivity contribution in [2.24, 2.45) is 0 Å². The summed E-state index contributed by atoms with van der Waals surface area (Å²) in [4.78, 5) is 0. The maximum atomic E-state index is 9.28. The van der Waals surface area contributed by atoms with Crippen LogP contribution in [0, 0.1) is 0 Å². The molecule has 0 radical (unpaired) electrons. The fourth-order valence-corrected chi connectivity index (χ4v) is 3.08. The first-order chi connectivity index (χ1) is 9.35. The Kier molecular flexibility index (Phi) is 3.36. The molecule has 2 nitrogen and oxygen atoms in total. The van der Waals surface area contributed by atoms with E-state index in [4.69, 9.17) is 5.11 Å².